The summed E-state index contributed by atoms with van der Waals surface area (Å²) >= 11 is 0. The third-order valence-corrected chi connectivity index (χ3v) is 3.35. The van der Waals surface area contributed by atoms with Gasteiger partial charge < -0.3 is 15.7 Å². The predicted molar refractivity (Wildman–Crippen MR) is 72.4 cm³/mol. The Morgan fingerprint density at radius 1 is 1.42 bits per heavy atom. The van der Waals surface area contributed by atoms with E-state index >= 15 is 0 Å². The van der Waals surface area contributed by atoms with Crippen molar-refractivity contribution in [3.05, 3.63) is 29.3 Å². The first kappa shape index (κ1) is 13.4. The van der Waals surface area contributed by atoms with Crippen LogP contribution >= 0.6 is 0 Å². The molecule has 1 heterocycles. The molecule has 1 amide bonds. The van der Waals surface area contributed by atoms with Gasteiger partial charge in [-0.2, -0.15) is 0 Å². The first-order chi connectivity index (χ1) is 8.90. The van der Waals surface area contributed by atoms with Crippen molar-refractivity contribution in [1.29, 1.82) is 0 Å². The fraction of sp³-hybridized carbons (Fsp3) is 0.429. The van der Waals surface area contributed by atoms with E-state index in [4.69, 9.17) is 5.11 Å². The number of hydrogen-bond acceptors (Lipinski definition) is 3. The number of nitrogens with one attached hydrogen (secondary N) is 2. The highest BCUT2D eigenvalue weighted by Gasteiger charge is 2.27. The van der Waals surface area contributed by atoms with Crippen molar-refractivity contribution in [2.75, 3.05) is 18.4 Å². The highest BCUT2D eigenvalue weighted by Crippen LogP contribution is 2.23. The Kier molecular flexibility index (Phi) is 3.46. The number of amides is 1. The van der Waals surface area contributed by atoms with Crippen LogP contribution in [0.25, 0.3) is 0 Å². The summed E-state index contributed by atoms with van der Waals surface area (Å²) in [6.07, 6.45) is 0.975. The van der Waals surface area contributed by atoms with Crippen molar-refractivity contribution >= 4 is 17.6 Å². The standard InChI is InChI=1S/C14H18N2O3/c1-14(2,13(18)19)8-16-12(17)10-4-3-9-5-6-15-11(9)7-10/h3-4,7,15H,5-6,8H2,1-2H3,(H,16,17)(H,18,19). The fourth-order valence-corrected chi connectivity index (χ4v) is 1.91. The number of hydrogen-bond donors (Lipinski definition) is 3. The number of rotatable bonds is 4. The van der Waals surface area contributed by atoms with E-state index in [1.165, 1.54) is 5.56 Å². The minimum Gasteiger partial charge on any atom is -0.481 e. The summed E-state index contributed by atoms with van der Waals surface area (Å²) in [6, 6.07) is 5.52. The Labute approximate surface area is 112 Å². The van der Waals surface area contributed by atoms with E-state index in [9.17, 15) is 9.59 Å². The topological polar surface area (TPSA) is 78.4 Å². The van der Waals surface area contributed by atoms with Gasteiger partial charge in [-0.3, -0.25) is 9.59 Å². The number of aliphatic carboxylic acids is 1. The summed E-state index contributed by atoms with van der Waals surface area (Å²) in [7, 11) is 0. The van der Waals surface area contributed by atoms with Gasteiger partial charge in [-0.1, -0.05) is 6.07 Å². The maximum absolute atomic E-state index is 12.0. The zero-order valence-electron chi connectivity index (χ0n) is 11.1. The number of benzene rings is 1. The third kappa shape index (κ3) is 2.86. The van der Waals surface area contributed by atoms with Gasteiger partial charge in [0.15, 0.2) is 0 Å². The molecule has 0 radical (unpaired) electrons. The molecule has 0 saturated carbocycles. The summed E-state index contributed by atoms with van der Waals surface area (Å²) in [4.78, 5) is 22.9. The van der Waals surface area contributed by atoms with E-state index in [-0.39, 0.29) is 12.5 Å². The highest BCUT2D eigenvalue weighted by atomic mass is 16.4. The molecule has 0 aliphatic carbocycles. The SMILES string of the molecule is CC(C)(CNC(=O)c1ccc2c(c1)NCC2)C(=O)O. The van der Waals surface area contributed by atoms with Crippen LogP contribution in [0.3, 0.4) is 0 Å². The summed E-state index contributed by atoms with van der Waals surface area (Å²) in [5.41, 5.74) is 1.78. The van der Waals surface area contributed by atoms with Crippen LogP contribution in [-0.4, -0.2) is 30.1 Å². The second-order valence-electron chi connectivity index (χ2n) is 5.42. The van der Waals surface area contributed by atoms with Crippen LogP contribution in [-0.2, 0) is 11.2 Å². The fourth-order valence-electron chi connectivity index (χ4n) is 1.91. The molecule has 0 unspecified atom stereocenters. The van der Waals surface area contributed by atoms with E-state index in [1.807, 2.05) is 12.1 Å². The van der Waals surface area contributed by atoms with Gasteiger partial charge in [0, 0.05) is 24.3 Å². The number of carboxylic acid groups (broad SMARTS) is 1. The second kappa shape index (κ2) is 4.91. The maximum Gasteiger partial charge on any atom is 0.310 e. The van der Waals surface area contributed by atoms with Gasteiger partial charge in [0.1, 0.15) is 0 Å². The molecule has 102 valence electrons. The molecule has 0 saturated heterocycles. The van der Waals surface area contributed by atoms with Gasteiger partial charge in [-0.25, -0.2) is 0 Å². The molecule has 0 aromatic heterocycles. The largest absolute Gasteiger partial charge is 0.481 e. The number of fused-ring (bicyclic) bond motifs is 1. The quantitative estimate of drug-likeness (QED) is 0.768. The number of carbonyl (C=O) groups excluding carboxylic acids is 1. The van der Waals surface area contributed by atoms with Crippen molar-refractivity contribution in [1.82, 2.24) is 5.32 Å². The Morgan fingerprint density at radius 3 is 2.84 bits per heavy atom. The number of carbonyl (C=O) groups is 2. The third-order valence-electron chi connectivity index (χ3n) is 3.35. The van der Waals surface area contributed by atoms with E-state index < -0.39 is 11.4 Å². The molecule has 1 aromatic carbocycles. The van der Waals surface area contributed by atoms with Crippen LogP contribution in [0.4, 0.5) is 5.69 Å². The van der Waals surface area contributed by atoms with Crippen LogP contribution in [0.1, 0.15) is 29.8 Å². The molecule has 1 aliphatic heterocycles. The predicted octanol–water partition coefficient (Wildman–Crippen LogP) is 1.50. The highest BCUT2D eigenvalue weighted by molar-refractivity contribution is 5.95. The summed E-state index contributed by atoms with van der Waals surface area (Å²) < 4.78 is 0. The minimum absolute atomic E-state index is 0.103. The summed E-state index contributed by atoms with van der Waals surface area (Å²) in [5.74, 6) is -1.17. The van der Waals surface area contributed by atoms with E-state index in [0.29, 0.717) is 5.56 Å². The lowest BCUT2D eigenvalue weighted by Gasteiger charge is -2.19. The zero-order valence-corrected chi connectivity index (χ0v) is 11.1. The Morgan fingerprint density at radius 2 is 2.16 bits per heavy atom. The maximum atomic E-state index is 12.0. The molecule has 3 N–H and O–H groups in total. The molecule has 2 rings (SSSR count). The van der Waals surface area contributed by atoms with Crippen molar-refractivity contribution < 1.29 is 14.7 Å². The smallest absolute Gasteiger partial charge is 0.310 e. The lowest BCUT2D eigenvalue weighted by molar-refractivity contribution is -0.146. The van der Waals surface area contributed by atoms with Gasteiger partial charge in [0.05, 0.1) is 5.41 Å². The van der Waals surface area contributed by atoms with E-state index in [2.05, 4.69) is 10.6 Å². The van der Waals surface area contributed by atoms with Crippen molar-refractivity contribution in [2.45, 2.75) is 20.3 Å². The molecule has 19 heavy (non-hydrogen) atoms. The average molecular weight is 262 g/mol. The molecule has 5 nitrogen and oxygen atoms in total. The molecule has 0 atom stereocenters. The number of anilines is 1. The summed E-state index contributed by atoms with van der Waals surface area (Å²) in [5, 5.41) is 14.9. The molecule has 0 fully saturated rings. The monoisotopic (exact) mass is 262 g/mol. The molecule has 1 aliphatic rings. The normalized spacial score (nSPS) is 13.6. The van der Waals surface area contributed by atoms with Crippen LogP contribution in [0.5, 0.6) is 0 Å². The van der Waals surface area contributed by atoms with E-state index in [1.54, 1.807) is 19.9 Å². The average Bonchev–Trinajstić information content (AvgIpc) is 2.82. The van der Waals surface area contributed by atoms with Crippen LogP contribution in [0, 0.1) is 5.41 Å². The van der Waals surface area contributed by atoms with Crippen molar-refractivity contribution in [2.24, 2.45) is 5.41 Å². The van der Waals surface area contributed by atoms with Crippen LogP contribution in [0.2, 0.25) is 0 Å². The van der Waals surface area contributed by atoms with E-state index in [0.717, 1.165) is 18.7 Å². The van der Waals surface area contributed by atoms with Crippen LogP contribution in [0.15, 0.2) is 18.2 Å². The first-order valence-corrected chi connectivity index (χ1v) is 6.28. The molecule has 1 aromatic rings. The second-order valence-corrected chi connectivity index (χ2v) is 5.42. The van der Waals surface area contributed by atoms with Gasteiger partial charge in [-0.15, -0.1) is 0 Å². The van der Waals surface area contributed by atoms with Gasteiger partial charge >= 0.3 is 5.97 Å². The Hall–Kier alpha value is -2.04. The molecular weight excluding hydrogens is 244 g/mol. The minimum atomic E-state index is -0.968. The number of carboxylic acids is 1. The lowest BCUT2D eigenvalue weighted by Crippen LogP contribution is -2.38. The molecular formula is C14H18N2O3. The summed E-state index contributed by atoms with van der Waals surface area (Å²) in [6.45, 7) is 4.16. The van der Waals surface area contributed by atoms with Crippen LogP contribution < -0.4 is 10.6 Å². The van der Waals surface area contributed by atoms with Gasteiger partial charge in [-0.05, 0) is 38.0 Å². The molecule has 0 bridgehead atoms. The van der Waals surface area contributed by atoms with Crippen molar-refractivity contribution in [3.63, 3.8) is 0 Å². The Bertz CT molecular complexity index is 523. The Balaban J connectivity index is 2.03. The first-order valence-electron chi connectivity index (χ1n) is 6.28. The zero-order chi connectivity index (χ0) is 14.0. The van der Waals surface area contributed by atoms with Crippen molar-refractivity contribution in [3.8, 4) is 0 Å². The lowest BCUT2D eigenvalue weighted by atomic mass is 9.94. The van der Waals surface area contributed by atoms with Gasteiger partial charge in [0.2, 0.25) is 0 Å². The molecule has 0 spiro atoms. The van der Waals surface area contributed by atoms with Gasteiger partial charge in [0.25, 0.3) is 5.91 Å². The molecule has 5 heteroatoms.